The quantitative estimate of drug-likeness (QED) is 0.354. The summed E-state index contributed by atoms with van der Waals surface area (Å²) in [6.07, 6.45) is 10.9. The molecule has 4 heterocycles. The van der Waals surface area contributed by atoms with Gasteiger partial charge in [-0.15, -0.1) is 11.8 Å². The Hall–Kier alpha value is -1.80. The number of fused-ring (bicyclic) bond motifs is 2. The molecule has 0 aromatic carbocycles. The Morgan fingerprint density at radius 1 is 1.19 bits per heavy atom. The molecule has 2 amide bonds. The maximum absolute atomic E-state index is 14.0. The highest BCUT2D eigenvalue weighted by Gasteiger charge is 2.74. The molecule has 8 heteroatoms. The lowest BCUT2D eigenvalue weighted by Crippen LogP contribution is -2.55. The third-order valence-electron chi connectivity index (χ3n) is 7.39. The van der Waals surface area contributed by atoms with E-state index in [1.54, 1.807) is 16.7 Å². The van der Waals surface area contributed by atoms with Crippen LogP contribution < -0.4 is 0 Å². The van der Waals surface area contributed by atoms with E-state index in [-0.39, 0.29) is 37.0 Å². The number of likely N-dealkylation sites (tertiary alicyclic amines) is 1. The Kier molecular flexibility index (Phi) is 6.47. The smallest absolute Gasteiger partial charge is 0.311 e. The van der Waals surface area contributed by atoms with Gasteiger partial charge in [-0.1, -0.05) is 31.6 Å². The third-order valence-corrected chi connectivity index (χ3v) is 9.19. The molecule has 2 saturated heterocycles. The van der Waals surface area contributed by atoms with E-state index in [9.17, 15) is 19.5 Å². The van der Waals surface area contributed by atoms with Crippen LogP contribution in [-0.4, -0.2) is 80.6 Å². The van der Waals surface area contributed by atoms with Crippen molar-refractivity contribution in [3.05, 3.63) is 24.3 Å². The fourth-order valence-corrected chi connectivity index (χ4v) is 8.13. The van der Waals surface area contributed by atoms with Gasteiger partial charge in [0.15, 0.2) is 0 Å². The summed E-state index contributed by atoms with van der Waals surface area (Å²) in [4.78, 5) is 44.5. The molecule has 6 atom stereocenters. The minimum atomic E-state index is -0.811. The van der Waals surface area contributed by atoms with Gasteiger partial charge in [0.25, 0.3) is 0 Å². The van der Waals surface area contributed by atoms with Crippen LogP contribution in [0.1, 0.15) is 46.5 Å². The predicted molar refractivity (Wildman–Crippen MR) is 123 cm³/mol. The number of rotatable bonds is 7. The van der Waals surface area contributed by atoms with Crippen molar-refractivity contribution in [2.45, 2.75) is 68.0 Å². The molecule has 0 aliphatic carbocycles. The van der Waals surface area contributed by atoms with Crippen molar-refractivity contribution in [1.29, 1.82) is 0 Å². The van der Waals surface area contributed by atoms with Gasteiger partial charge in [0, 0.05) is 30.5 Å². The van der Waals surface area contributed by atoms with E-state index in [0.29, 0.717) is 25.9 Å². The molecule has 4 aliphatic rings. The summed E-state index contributed by atoms with van der Waals surface area (Å²) in [5, 5.41) is 9.26. The Labute approximate surface area is 194 Å². The van der Waals surface area contributed by atoms with Crippen molar-refractivity contribution in [2.75, 3.05) is 26.3 Å². The molecule has 0 aromatic rings. The number of cyclic esters (lactones) is 1. The Morgan fingerprint density at radius 2 is 1.97 bits per heavy atom. The van der Waals surface area contributed by atoms with Crippen molar-refractivity contribution in [3.8, 4) is 0 Å². The first-order chi connectivity index (χ1) is 15.3. The lowest BCUT2D eigenvalue weighted by molar-refractivity contribution is -0.152. The third kappa shape index (κ3) is 3.50. The molecule has 0 aromatic heterocycles. The van der Waals surface area contributed by atoms with Gasteiger partial charge in [-0.25, -0.2) is 0 Å². The van der Waals surface area contributed by atoms with Crippen LogP contribution in [0, 0.1) is 11.8 Å². The first-order valence-corrected chi connectivity index (χ1v) is 12.6. The summed E-state index contributed by atoms with van der Waals surface area (Å²) < 4.78 is 4.01. The van der Waals surface area contributed by atoms with Gasteiger partial charge in [-0.05, 0) is 39.2 Å². The highest BCUT2D eigenvalue weighted by Crippen LogP contribution is 2.65. The van der Waals surface area contributed by atoms with Gasteiger partial charge in [-0.3, -0.25) is 14.4 Å². The van der Waals surface area contributed by atoms with Crippen molar-refractivity contribution < 1.29 is 24.2 Å². The second-order valence-corrected chi connectivity index (χ2v) is 11.3. The second-order valence-electron chi connectivity index (χ2n) is 9.52. The average molecular weight is 463 g/mol. The standard InChI is InChI=1S/C24H34N2O5S/c1-4-9-16(2)25-13-7-11-24-17(18-22(30)31-15-8-10-23(18,3)32-24)20(28)26(12-5-6-14-27)19(24)21(25)29/h7-8,10-11,16-19,27H,4-6,9,12-15H2,1-3H3/t16?,17-,18+,19?,23-,24-/m0/s1. The van der Waals surface area contributed by atoms with Gasteiger partial charge >= 0.3 is 5.97 Å². The number of hydrogen-bond acceptors (Lipinski definition) is 6. The second kappa shape index (κ2) is 8.86. The first kappa shape index (κ1) is 23.4. The number of unbranched alkanes of at least 4 members (excludes halogenated alkanes) is 1. The minimum Gasteiger partial charge on any atom is -0.461 e. The van der Waals surface area contributed by atoms with Crippen molar-refractivity contribution in [3.63, 3.8) is 0 Å². The summed E-state index contributed by atoms with van der Waals surface area (Å²) in [7, 11) is 0. The van der Waals surface area contributed by atoms with Gasteiger partial charge in [0.1, 0.15) is 12.6 Å². The van der Waals surface area contributed by atoms with Gasteiger partial charge in [0.2, 0.25) is 11.8 Å². The van der Waals surface area contributed by atoms with E-state index >= 15 is 0 Å². The van der Waals surface area contributed by atoms with Crippen LogP contribution in [0.25, 0.3) is 0 Å². The molecule has 4 aliphatic heterocycles. The molecule has 0 radical (unpaired) electrons. The monoisotopic (exact) mass is 462 g/mol. The zero-order chi connectivity index (χ0) is 23.1. The Balaban J connectivity index is 1.80. The van der Waals surface area contributed by atoms with Gasteiger partial charge in [0.05, 0.1) is 16.6 Å². The van der Waals surface area contributed by atoms with Gasteiger partial charge < -0.3 is 19.6 Å². The number of carbonyl (C=O) groups is 3. The predicted octanol–water partition coefficient (Wildman–Crippen LogP) is 2.15. The topological polar surface area (TPSA) is 87.2 Å². The van der Waals surface area contributed by atoms with Crippen LogP contribution in [0.3, 0.4) is 0 Å². The number of esters is 1. The average Bonchev–Trinajstić information content (AvgIpc) is 2.99. The summed E-state index contributed by atoms with van der Waals surface area (Å²) >= 11 is 1.57. The number of thioether (sulfide) groups is 1. The largest absolute Gasteiger partial charge is 0.461 e. The molecule has 176 valence electrons. The van der Waals surface area contributed by atoms with Gasteiger partial charge in [-0.2, -0.15) is 0 Å². The first-order valence-electron chi connectivity index (χ1n) is 11.7. The lowest BCUT2D eigenvalue weighted by Gasteiger charge is -2.38. The molecule has 4 rings (SSSR count). The minimum absolute atomic E-state index is 0.0410. The molecule has 1 N–H and O–H groups in total. The molecular weight excluding hydrogens is 428 g/mol. The Bertz CT molecular complexity index is 844. The molecule has 1 spiro atoms. The normalized spacial score (nSPS) is 37.0. The van der Waals surface area contributed by atoms with Crippen molar-refractivity contribution >= 4 is 29.5 Å². The summed E-state index contributed by atoms with van der Waals surface area (Å²) in [6.45, 7) is 7.30. The van der Waals surface area contributed by atoms with E-state index in [4.69, 9.17) is 4.74 Å². The molecule has 2 unspecified atom stereocenters. The zero-order valence-electron chi connectivity index (χ0n) is 19.2. The number of ether oxygens (including phenoxy) is 1. The number of nitrogens with zero attached hydrogens (tertiary/aromatic N) is 2. The summed E-state index contributed by atoms with van der Waals surface area (Å²) in [5.41, 5.74) is 0. The number of aliphatic hydroxyl groups excluding tert-OH is 1. The van der Waals surface area contributed by atoms with Crippen LogP contribution >= 0.6 is 11.8 Å². The molecule has 32 heavy (non-hydrogen) atoms. The number of hydrogen-bond donors (Lipinski definition) is 1. The van der Waals surface area contributed by atoms with E-state index in [0.717, 1.165) is 12.8 Å². The van der Waals surface area contributed by atoms with Crippen molar-refractivity contribution in [2.24, 2.45) is 11.8 Å². The lowest BCUT2D eigenvalue weighted by atomic mass is 9.75. The molecule has 0 bridgehead atoms. The van der Waals surface area contributed by atoms with E-state index in [1.165, 1.54) is 0 Å². The van der Waals surface area contributed by atoms with Crippen LogP contribution in [0.4, 0.5) is 0 Å². The number of aliphatic hydroxyl groups is 1. The fourth-order valence-electron chi connectivity index (χ4n) is 5.98. The van der Waals surface area contributed by atoms with Crippen LogP contribution in [0.2, 0.25) is 0 Å². The number of carbonyl (C=O) groups excluding carboxylic acids is 3. The highest BCUT2D eigenvalue weighted by molar-refractivity contribution is 8.02. The van der Waals surface area contributed by atoms with Crippen LogP contribution in [0.15, 0.2) is 24.3 Å². The highest BCUT2D eigenvalue weighted by atomic mass is 32.2. The van der Waals surface area contributed by atoms with E-state index in [2.05, 4.69) is 13.8 Å². The van der Waals surface area contributed by atoms with E-state index < -0.39 is 27.4 Å². The van der Waals surface area contributed by atoms with E-state index in [1.807, 2.05) is 36.1 Å². The molecule has 2 fully saturated rings. The Morgan fingerprint density at radius 3 is 2.69 bits per heavy atom. The maximum atomic E-state index is 14.0. The molecular formula is C24H34N2O5S. The fraction of sp³-hybridized carbons (Fsp3) is 0.708. The summed E-state index contributed by atoms with van der Waals surface area (Å²) in [6, 6.07) is -0.593. The number of amides is 2. The van der Waals surface area contributed by atoms with Crippen LogP contribution in [0.5, 0.6) is 0 Å². The molecule has 0 saturated carbocycles. The maximum Gasteiger partial charge on any atom is 0.311 e. The summed E-state index contributed by atoms with van der Waals surface area (Å²) in [5.74, 6) is -1.84. The molecule has 7 nitrogen and oxygen atoms in total. The SMILES string of the molecule is CCCC(C)N1CC=C[C@]23S[C@@]4(C)C=CCOC(=O)[C@H]4[C@H]2C(=O)N(CCCCO)C3C1=O. The van der Waals surface area contributed by atoms with Crippen molar-refractivity contribution in [1.82, 2.24) is 9.80 Å². The zero-order valence-corrected chi connectivity index (χ0v) is 20.0. The van der Waals surface area contributed by atoms with Crippen LogP contribution in [-0.2, 0) is 19.1 Å².